The maximum Gasteiger partial charge on any atom is 0.292 e. The van der Waals surface area contributed by atoms with Gasteiger partial charge in [-0.1, -0.05) is 43.6 Å². The van der Waals surface area contributed by atoms with E-state index in [1.54, 1.807) is 6.20 Å². The Morgan fingerprint density at radius 3 is 2.73 bits per heavy atom. The van der Waals surface area contributed by atoms with Crippen LogP contribution in [0.3, 0.4) is 0 Å². The fraction of sp³-hybridized carbons (Fsp3) is 0.421. The van der Waals surface area contributed by atoms with E-state index in [2.05, 4.69) is 10.4 Å². The average Bonchev–Trinajstić information content (AvgIpc) is 2.64. The number of hydrogen-bond acceptors (Lipinski definition) is 4. The Labute approximate surface area is 157 Å². The van der Waals surface area contributed by atoms with Crippen LogP contribution in [0.1, 0.15) is 26.7 Å². The van der Waals surface area contributed by atoms with Crippen molar-refractivity contribution in [3.05, 3.63) is 51.9 Å². The predicted octanol–water partition coefficient (Wildman–Crippen LogP) is 2.63. The highest BCUT2D eigenvalue weighted by Gasteiger charge is 2.25. The lowest BCUT2D eigenvalue weighted by molar-refractivity contribution is -0.124. The first-order valence-electron chi connectivity index (χ1n) is 8.86. The average molecular weight is 375 g/mol. The van der Waals surface area contributed by atoms with E-state index in [1.165, 1.54) is 4.68 Å². The van der Waals surface area contributed by atoms with Gasteiger partial charge in [-0.15, -0.1) is 0 Å². The van der Waals surface area contributed by atoms with Gasteiger partial charge in [0.1, 0.15) is 5.02 Å². The maximum absolute atomic E-state index is 12.7. The Hall–Kier alpha value is -2.34. The molecule has 26 heavy (non-hydrogen) atoms. The summed E-state index contributed by atoms with van der Waals surface area (Å²) in [7, 11) is 0. The highest BCUT2D eigenvalue weighted by molar-refractivity contribution is 6.33. The Balaban J connectivity index is 1.82. The first-order valence-corrected chi connectivity index (χ1v) is 9.23. The highest BCUT2D eigenvalue weighted by Crippen LogP contribution is 2.25. The molecule has 6 nitrogen and oxygen atoms in total. The number of nitrogens with zero attached hydrogens (tertiary/aromatic N) is 3. The van der Waals surface area contributed by atoms with Crippen molar-refractivity contribution in [1.29, 1.82) is 0 Å². The van der Waals surface area contributed by atoms with Gasteiger partial charge in [0, 0.05) is 25.0 Å². The van der Waals surface area contributed by atoms with E-state index in [0.29, 0.717) is 17.9 Å². The molecule has 7 heteroatoms. The van der Waals surface area contributed by atoms with Crippen LogP contribution >= 0.6 is 11.6 Å². The summed E-state index contributed by atoms with van der Waals surface area (Å²) in [5, 5.41) is 7.50. The van der Waals surface area contributed by atoms with Crippen LogP contribution in [0.4, 0.5) is 5.69 Å². The molecule has 1 unspecified atom stereocenters. The summed E-state index contributed by atoms with van der Waals surface area (Å²) in [5.74, 6) is -0.00833. The second kappa shape index (κ2) is 7.91. The third kappa shape index (κ3) is 3.90. The molecule has 2 aromatic rings. The van der Waals surface area contributed by atoms with Gasteiger partial charge in [-0.25, -0.2) is 0 Å². The fourth-order valence-electron chi connectivity index (χ4n) is 3.08. The summed E-state index contributed by atoms with van der Waals surface area (Å²) >= 11 is 6.38. The number of nitrogens with one attached hydrogen (secondary N) is 1. The number of para-hydroxylation sites is 1. The van der Waals surface area contributed by atoms with Gasteiger partial charge in [-0.3, -0.25) is 9.59 Å². The third-order valence-electron chi connectivity index (χ3n) is 4.53. The SMILES string of the molecule is CC(C)C(=O)NC1CCCN(c2cnn(-c3ccccc3)c(=O)c2Cl)C1. The fourth-order valence-corrected chi connectivity index (χ4v) is 3.33. The van der Waals surface area contributed by atoms with Gasteiger partial charge in [0.05, 0.1) is 17.6 Å². The van der Waals surface area contributed by atoms with Gasteiger partial charge >= 0.3 is 0 Å². The molecule has 3 rings (SSSR count). The second-order valence-corrected chi connectivity index (χ2v) is 7.22. The molecule has 1 aromatic carbocycles. The van der Waals surface area contributed by atoms with Gasteiger partial charge in [-0.05, 0) is 25.0 Å². The van der Waals surface area contributed by atoms with Crippen LogP contribution in [-0.2, 0) is 4.79 Å². The minimum atomic E-state index is -0.344. The number of rotatable bonds is 4. The van der Waals surface area contributed by atoms with Gasteiger partial charge in [-0.2, -0.15) is 9.78 Å². The molecule has 1 fully saturated rings. The van der Waals surface area contributed by atoms with E-state index < -0.39 is 0 Å². The van der Waals surface area contributed by atoms with Gasteiger partial charge < -0.3 is 10.2 Å². The van der Waals surface area contributed by atoms with Crippen LogP contribution in [0.15, 0.2) is 41.3 Å². The molecule has 2 heterocycles. The smallest absolute Gasteiger partial charge is 0.292 e. The number of amides is 1. The molecule has 0 saturated carbocycles. The first-order chi connectivity index (χ1) is 12.5. The summed E-state index contributed by atoms with van der Waals surface area (Å²) in [6, 6.07) is 9.23. The lowest BCUT2D eigenvalue weighted by Crippen LogP contribution is -2.49. The Bertz CT molecular complexity index is 835. The summed E-state index contributed by atoms with van der Waals surface area (Å²) in [4.78, 5) is 26.6. The van der Waals surface area contributed by atoms with Gasteiger partial charge in [0.2, 0.25) is 5.91 Å². The first kappa shape index (κ1) is 18.5. The summed E-state index contributed by atoms with van der Waals surface area (Å²) < 4.78 is 1.30. The van der Waals surface area contributed by atoms with Crippen LogP contribution < -0.4 is 15.8 Å². The van der Waals surface area contributed by atoms with Crippen molar-refractivity contribution < 1.29 is 4.79 Å². The lowest BCUT2D eigenvalue weighted by atomic mass is 10.0. The molecule has 138 valence electrons. The minimum absolute atomic E-state index is 0.0422. The van der Waals surface area contributed by atoms with E-state index in [1.807, 2.05) is 49.1 Å². The van der Waals surface area contributed by atoms with E-state index in [0.717, 1.165) is 19.4 Å². The van der Waals surface area contributed by atoms with Crippen molar-refractivity contribution in [2.75, 3.05) is 18.0 Å². The molecule has 1 aliphatic rings. The topological polar surface area (TPSA) is 67.2 Å². The van der Waals surface area contributed by atoms with Crippen LogP contribution in [-0.4, -0.2) is 34.8 Å². The van der Waals surface area contributed by atoms with Gasteiger partial charge in [0.25, 0.3) is 5.56 Å². The number of carbonyl (C=O) groups is 1. The number of aromatic nitrogens is 2. The highest BCUT2D eigenvalue weighted by atomic mass is 35.5. The molecular weight excluding hydrogens is 352 g/mol. The standard InChI is InChI=1S/C19H23ClN4O2/c1-13(2)18(25)22-14-7-6-10-23(12-14)16-11-21-24(19(26)17(16)20)15-8-4-3-5-9-15/h3-5,8-9,11,13-14H,6-7,10,12H2,1-2H3,(H,22,25). The molecule has 1 amide bonds. The lowest BCUT2D eigenvalue weighted by Gasteiger charge is -2.35. The van der Waals surface area contributed by atoms with E-state index in [9.17, 15) is 9.59 Å². The Morgan fingerprint density at radius 2 is 2.04 bits per heavy atom. The van der Waals surface area contributed by atoms with Crippen molar-refractivity contribution >= 4 is 23.2 Å². The largest absolute Gasteiger partial charge is 0.367 e. The number of anilines is 1. The minimum Gasteiger partial charge on any atom is -0.367 e. The molecule has 1 atom stereocenters. The quantitative estimate of drug-likeness (QED) is 0.893. The second-order valence-electron chi connectivity index (χ2n) is 6.84. The van der Waals surface area contributed by atoms with E-state index in [4.69, 9.17) is 11.6 Å². The summed E-state index contributed by atoms with van der Waals surface area (Å²) in [6.07, 6.45) is 3.46. The zero-order chi connectivity index (χ0) is 18.7. The maximum atomic E-state index is 12.7. The number of carbonyl (C=O) groups excluding carboxylic acids is 1. The zero-order valence-electron chi connectivity index (χ0n) is 15.0. The Morgan fingerprint density at radius 1 is 1.31 bits per heavy atom. The number of piperidine rings is 1. The zero-order valence-corrected chi connectivity index (χ0v) is 15.7. The van der Waals surface area contributed by atoms with Crippen molar-refractivity contribution in [3.63, 3.8) is 0 Å². The van der Waals surface area contributed by atoms with E-state index in [-0.39, 0.29) is 28.4 Å². The van der Waals surface area contributed by atoms with Crippen molar-refractivity contribution in [1.82, 2.24) is 15.1 Å². The van der Waals surface area contributed by atoms with Crippen molar-refractivity contribution in [2.24, 2.45) is 5.92 Å². The van der Waals surface area contributed by atoms with Crippen LogP contribution in [0.25, 0.3) is 5.69 Å². The van der Waals surface area contributed by atoms with E-state index >= 15 is 0 Å². The molecule has 0 bridgehead atoms. The molecule has 1 aromatic heterocycles. The molecule has 1 N–H and O–H groups in total. The Kier molecular flexibility index (Phi) is 5.61. The van der Waals surface area contributed by atoms with Crippen LogP contribution in [0.5, 0.6) is 0 Å². The third-order valence-corrected chi connectivity index (χ3v) is 4.89. The van der Waals surface area contributed by atoms with Crippen molar-refractivity contribution in [3.8, 4) is 5.69 Å². The number of benzene rings is 1. The molecule has 1 saturated heterocycles. The normalized spacial score (nSPS) is 17.4. The molecule has 0 aliphatic carbocycles. The molecule has 0 spiro atoms. The number of hydrogen-bond donors (Lipinski definition) is 1. The number of halogens is 1. The summed E-state index contributed by atoms with van der Waals surface area (Å²) in [6.45, 7) is 5.15. The molecule has 1 aliphatic heterocycles. The predicted molar refractivity (Wildman–Crippen MR) is 103 cm³/mol. The monoisotopic (exact) mass is 374 g/mol. The van der Waals surface area contributed by atoms with Crippen molar-refractivity contribution in [2.45, 2.75) is 32.7 Å². The molecule has 0 radical (unpaired) electrons. The van der Waals surface area contributed by atoms with Crippen LogP contribution in [0.2, 0.25) is 5.02 Å². The summed E-state index contributed by atoms with van der Waals surface area (Å²) in [5.41, 5.74) is 0.947. The van der Waals surface area contributed by atoms with Gasteiger partial charge in [0.15, 0.2) is 0 Å². The van der Waals surface area contributed by atoms with Crippen LogP contribution in [0, 0.1) is 5.92 Å². The molecular formula is C19H23ClN4O2.